The van der Waals surface area contributed by atoms with Crippen LogP contribution in [0.15, 0.2) is 16.7 Å². The van der Waals surface area contributed by atoms with Crippen molar-refractivity contribution in [1.82, 2.24) is 14.9 Å². The summed E-state index contributed by atoms with van der Waals surface area (Å²) in [6, 6.07) is 2.95. The standard InChI is InChI=1S/C12H14N4O4/c1-4-19-12(18)8-6-9(16(3)14-8)11(17)13-10-5-7(2)20-15-10/h5-6H,4H2,1-3H3,(H,13,15,17). The molecule has 0 aromatic carbocycles. The average Bonchev–Trinajstić information content (AvgIpc) is 2.96. The van der Waals surface area contributed by atoms with Gasteiger partial charge in [0.2, 0.25) is 0 Å². The molecule has 20 heavy (non-hydrogen) atoms. The Labute approximate surface area is 114 Å². The Hall–Kier alpha value is -2.64. The van der Waals surface area contributed by atoms with Crippen LogP contribution in [0.4, 0.5) is 5.82 Å². The topological polar surface area (TPSA) is 99.3 Å². The van der Waals surface area contributed by atoms with Gasteiger partial charge in [-0.25, -0.2) is 4.79 Å². The molecule has 106 valence electrons. The zero-order valence-electron chi connectivity index (χ0n) is 11.3. The van der Waals surface area contributed by atoms with Crippen molar-refractivity contribution in [3.05, 3.63) is 29.3 Å². The summed E-state index contributed by atoms with van der Waals surface area (Å²) in [5, 5.41) is 10.1. The van der Waals surface area contributed by atoms with Gasteiger partial charge in [0.25, 0.3) is 5.91 Å². The van der Waals surface area contributed by atoms with Gasteiger partial charge in [-0.15, -0.1) is 0 Å². The Morgan fingerprint density at radius 1 is 1.45 bits per heavy atom. The van der Waals surface area contributed by atoms with Gasteiger partial charge >= 0.3 is 5.97 Å². The highest BCUT2D eigenvalue weighted by Gasteiger charge is 2.19. The minimum atomic E-state index is -0.570. The molecule has 8 nitrogen and oxygen atoms in total. The van der Waals surface area contributed by atoms with Crippen molar-refractivity contribution in [1.29, 1.82) is 0 Å². The lowest BCUT2D eigenvalue weighted by molar-refractivity contribution is 0.0518. The predicted molar refractivity (Wildman–Crippen MR) is 68.4 cm³/mol. The third-order valence-corrected chi connectivity index (χ3v) is 2.47. The van der Waals surface area contributed by atoms with Gasteiger partial charge in [0, 0.05) is 19.2 Å². The van der Waals surface area contributed by atoms with Crippen LogP contribution in [0.3, 0.4) is 0 Å². The summed E-state index contributed by atoms with van der Waals surface area (Å²) in [4.78, 5) is 23.6. The molecule has 0 atom stereocenters. The minimum absolute atomic E-state index is 0.0795. The Bertz CT molecular complexity index is 644. The summed E-state index contributed by atoms with van der Waals surface area (Å²) in [5.41, 5.74) is 0.296. The Morgan fingerprint density at radius 2 is 2.20 bits per heavy atom. The maximum Gasteiger partial charge on any atom is 0.358 e. The number of carbonyl (C=O) groups excluding carboxylic acids is 2. The van der Waals surface area contributed by atoms with Crippen LogP contribution in [-0.2, 0) is 11.8 Å². The molecule has 0 bridgehead atoms. The lowest BCUT2D eigenvalue weighted by Gasteiger charge is -2.00. The molecule has 0 unspecified atom stereocenters. The van der Waals surface area contributed by atoms with Gasteiger partial charge in [-0.05, 0) is 13.8 Å². The number of ether oxygens (including phenoxy) is 1. The summed E-state index contributed by atoms with van der Waals surface area (Å²) in [6.07, 6.45) is 0. The highest BCUT2D eigenvalue weighted by Crippen LogP contribution is 2.11. The van der Waals surface area contributed by atoms with Gasteiger partial charge in [-0.2, -0.15) is 5.10 Å². The Morgan fingerprint density at radius 3 is 2.80 bits per heavy atom. The minimum Gasteiger partial charge on any atom is -0.461 e. The molecule has 0 aliphatic rings. The lowest BCUT2D eigenvalue weighted by Crippen LogP contribution is -2.16. The largest absolute Gasteiger partial charge is 0.461 e. The highest BCUT2D eigenvalue weighted by molar-refractivity contribution is 6.03. The fourth-order valence-electron chi connectivity index (χ4n) is 1.59. The number of carbonyl (C=O) groups is 2. The number of nitrogens with zero attached hydrogens (tertiary/aromatic N) is 3. The van der Waals surface area contributed by atoms with Crippen LogP contribution >= 0.6 is 0 Å². The summed E-state index contributed by atoms with van der Waals surface area (Å²) in [7, 11) is 1.56. The molecule has 0 aliphatic carbocycles. The first-order valence-electron chi connectivity index (χ1n) is 5.97. The summed E-state index contributed by atoms with van der Waals surface area (Å²) in [5.74, 6) is -0.132. The molecule has 0 saturated heterocycles. The van der Waals surface area contributed by atoms with Crippen LogP contribution in [0, 0.1) is 6.92 Å². The monoisotopic (exact) mass is 278 g/mol. The summed E-state index contributed by atoms with van der Waals surface area (Å²) < 4.78 is 11.0. The normalized spacial score (nSPS) is 10.3. The smallest absolute Gasteiger partial charge is 0.358 e. The van der Waals surface area contributed by atoms with Crippen molar-refractivity contribution in [2.45, 2.75) is 13.8 Å². The predicted octanol–water partition coefficient (Wildman–Crippen LogP) is 1.15. The number of hydrogen-bond donors (Lipinski definition) is 1. The van der Waals surface area contributed by atoms with Crippen molar-refractivity contribution in [3.63, 3.8) is 0 Å². The second kappa shape index (κ2) is 5.55. The zero-order valence-corrected chi connectivity index (χ0v) is 11.3. The fraction of sp³-hybridized carbons (Fsp3) is 0.333. The van der Waals surface area contributed by atoms with Crippen molar-refractivity contribution < 1.29 is 18.8 Å². The number of esters is 1. The molecule has 2 aromatic heterocycles. The van der Waals surface area contributed by atoms with E-state index in [2.05, 4.69) is 15.6 Å². The molecular weight excluding hydrogens is 264 g/mol. The first-order valence-corrected chi connectivity index (χ1v) is 5.97. The molecule has 2 aromatic rings. The molecular formula is C12H14N4O4. The molecule has 1 amide bonds. The fourth-order valence-corrected chi connectivity index (χ4v) is 1.59. The first kappa shape index (κ1) is 13.8. The van der Waals surface area contributed by atoms with Gasteiger partial charge < -0.3 is 14.6 Å². The van der Waals surface area contributed by atoms with Crippen LogP contribution < -0.4 is 5.32 Å². The van der Waals surface area contributed by atoms with E-state index in [4.69, 9.17) is 9.26 Å². The van der Waals surface area contributed by atoms with E-state index in [1.807, 2.05) is 0 Å². The third-order valence-electron chi connectivity index (χ3n) is 2.47. The van der Waals surface area contributed by atoms with Crippen LogP contribution in [0.25, 0.3) is 0 Å². The molecule has 0 aliphatic heterocycles. The van der Waals surface area contributed by atoms with Crippen molar-refractivity contribution in [2.75, 3.05) is 11.9 Å². The summed E-state index contributed by atoms with van der Waals surface area (Å²) >= 11 is 0. The van der Waals surface area contributed by atoms with Gasteiger partial charge in [-0.3, -0.25) is 9.48 Å². The first-order chi connectivity index (χ1) is 9.51. The van der Waals surface area contributed by atoms with E-state index in [-0.39, 0.29) is 18.0 Å². The number of amides is 1. The molecule has 2 rings (SSSR count). The van der Waals surface area contributed by atoms with E-state index in [1.54, 1.807) is 27.0 Å². The number of anilines is 1. The number of rotatable bonds is 4. The van der Waals surface area contributed by atoms with Crippen LogP contribution in [0.2, 0.25) is 0 Å². The maximum atomic E-state index is 12.0. The van der Waals surface area contributed by atoms with Gasteiger partial charge in [0.05, 0.1) is 6.61 Å². The van der Waals surface area contributed by atoms with E-state index in [0.29, 0.717) is 11.6 Å². The van der Waals surface area contributed by atoms with E-state index in [9.17, 15) is 9.59 Å². The van der Waals surface area contributed by atoms with E-state index < -0.39 is 11.9 Å². The molecule has 0 fully saturated rings. The molecule has 0 radical (unpaired) electrons. The highest BCUT2D eigenvalue weighted by atomic mass is 16.5. The number of aryl methyl sites for hydroxylation is 2. The zero-order chi connectivity index (χ0) is 14.7. The van der Waals surface area contributed by atoms with Gasteiger partial charge in [-0.1, -0.05) is 5.16 Å². The second-order valence-electron chi connectivity index (χ2n) is 4.04. The van der Waals surface area contributed by atoms with Crippen molar-refractivity contribution >= 4 is 17.7 Å². The lowest BCUT2D eigenvalue weighted by atomic mass is 10.3. The number of nitrogens with one attached hydrogen (secondary N) is 1. The quantitative estimate of drug-likeness (QED) is 0.842. The van der Waals surface area contributed by atoms with E-state index >= 15 is 0 Å². The molecule has 2 heterocycles. The number of hydrogen-bond acceptors (Lipinski definition) is 6. The molecule has 0 spiro atoms. The average molecular weight is 278 g/mol. The van der Waals surface area contributed by atoms with Crippen LogP contribution in [0.1, 0.15) is 33.7 Å². The number of aromatic nitrogens is 3. The van der Waals surface area contributed by atoms with Crippen LogP contribution in [0.5, 0.6) is 0 Å². The Kier molecular flexibility index (Phi) is 3.83. The van der Waals surface area contributed by atoms with E-state index in [0.717, 1.165) is 0 Å². The third kappa shape index (κ3) is 2.85. The Balaban J connectivity index is 2.16. The van der Waals surface area contributed by atoms with Gasteiger partial charge in [0.15, 0.2) is 11.5 Å². The second-order valence-corrected chi connectivity index (χ2v) is 4.04. The molecule has 1 N–H and O–H groups in total. The van der Waals surface area contributed by atoms with Crippen molar-refractivity contribution in [2.24, 2.45) is 7.05 Å². The van der Waals surface area contributed by atoms with Crippen LogP contribution in [-0.4, -0.2) is 33.4 Å². The summed E-state index contributed by atoms with van der Waals surface area (Å²) in [6.45, 7) is 3.65. The van der Waals surface area contributed by atoms with Crippen molar-refractivity contribution in [3.8, 4) is 0 Å². The molecule has 8 heteroatoms. The molecule has 0 saturated carbocycles. The van der Waals surface area contributed by atoms with Gasteiger partial charge in [0.1, 0.15) is 11.5 Å². The SMILES string of the molecule is CCOC(=O)c1cc(C(=O)Nc2cc(C)on2)n(C)n1. The maximum absolute atomic E-state index is 12.0. The van der Waals surface area contributed by atoms with E-state index in [1.165, 1.54) is 10.7 Å².